The second-order valence-electron chi connectivity index (χ2n) is 14.1. The Morgan fingerprint density at radius 2 is 1.69 bits per heavy atom. The van der Waals surface area contributed by atoms with Crippen molar-refractivity contribution in [1.82, 2.24) is 0 Å². The fourth-order valence-corrected chi connectivity index (χ4v) is 10.5. The third-order valence-corrected chi connectivity index (χ3v) is 12.1. The van der Waals surface area contributed by atoms with Crippen LogP contribution >= 0.6 is 0 Å². The Balaban J connectivity index is 1.30. The molecule has 0 unspecified atom stereocenters. The first kappa shape index (κ1) is 23.7. The van der Waals surface area contributed by atoms with Crippen LogP contribution in [0.1, 0.15) is 112 Å². The van der Waals surface area contributed by atoms with E-state index in [4.69, 9.17) is 4.74 Å². The topological polar surface area (TPSA) is 29.5 Å². The van der Waals surface area contributed by atoms with Crippen molar-refractivity contribution in [1.29, 1.82) is 0 Å². The summed E-state index contributed by atoms with van der Waals surface area (Å²) in [6.07, 6.45) is 17.0. The second kappa shape index (κ2) is 8.85. The molecule has 11 atom stereocenters. The molecule has 5 rings (SSSR count). The summed E-state index contributed by atoms with van der Waals surface area (Å²) in [5.74, 6) is 7.05. The summed E-state index contributed by atoms with van der Waals surface area (Å²) in [7, 11) is 0. The van der Waals surface area contributed by atoms with Crippen molar-refractivity contribution in [3.05, 3.63) is 0 Å². The lowest BCUT2D eigenvalue weighted by atomic mass is 9.43. The van der Waals surface area contributed by atoms with Gasteiger partial charge in [0.25, 0.3) is 0 Å². The largest absolute Gasteiger partial charge is 0.391 e. The molecule has 0 aromatic heterocycles. The zero-order chi connectivity index (χ0) is 22.7. The molecule has 0 spiro atoms. The predicted octanol–water partition coefficient (Wildman–Crippen LogP) is 7.48. The zero-order valence-corrected chi connectivity index (χ0v) is 21.8. The molecule has 2 heteroatoms. The molecule has 0 aromatic carbocycles. The van der Waals surface area contributed by atoms with Gasteiger partial charge in [-0.1, -0.05) is 53.9 Å². The lowest BCUT2D eigenvalue weighted by molar-refractivity contribution is -0.181. The van der Waals surface area contributed by atoms with Gasteiger partial charge in [-0.15, -0.1) is 0 Å². The standard InChI is InChI=1S/C30H52O2/c1-19(2)7-6-8-20(3)25-11-12-26-24-10-9-22-16-28-21(15-23(31)18-32-28)17-30(22,5)27(24)13-14-29(25,26)4/h19-28,31H,6-18H2,1-5H3/t20-,21+,22+,23+,24+,25-,26+,27+,28-,29-,30+/m1/s1. The monoisotopic (exact) mass is 444 g/mol. The Morgan fingerprint density at radius 3 is 2.47 bits per heavy atom. The van der Waals surface area contributed by atoms with Gasteiger partial charge < -0.3 is 9.84 Å². The minimum absolute atomic E-state index is 0.224. The molecular weight excluding hydrogens is 392 g/mol. The van der Waals surface area contributed by atoms with Gasteiger partial charge in [0.2, 0.25) is 0 Å². The van der Waals surface area contributed by atoms with Crippen LogP contribution in [-0.2, 0) is 4.74 Å². The average molecular weight is 445 g/mol. The molecule has 5 fully saturated rings. The van der Waals surface area contributed by atoms with Gasteiger partial charge in [0.15, 0.2) is 0 Å². The van der Waals surface area contributed by atoms with E-state index in [9.17, 15) is 5.11 Å². The summed E-state index contributed by atoms with van der Waals surface area (Å²) in [5, 5.41) is 10.3. The molecule has 4 saturated carbocycles. The SMILES string of the molecule is CC(C)CCC[C@@H](C)[C@H]1CC[C@H]2[C@@H]3CC[C@H]4C[C@H]5OC[C@@H](O)C[C@H]5C[C@]4(C)[C@H]3CC[C@]12C. The maximum atomic E-state index is 10.3. The quantitative estimate of drug-likeness (QED) is 0.476. The molecule has 32 heavy (non-hydrogen) atoms. The van der Waals surface area contributed by atoms with E-state index < -0.39 is 0 Å². The molecule has 0 bridgehead atoms. The Bertz CT molecular complexity index is 659. The van der Waals surface area contributed by atoms with E-state index in [-0.39, 0.29) is 6.10 Å². The van der Waals surface area contributed by atoms with Gasteiger partial charge in [0.1, 0.15) is 0 Å². The third kappa shape index (κ3) is 3.92. The van der Waals surface area contributed by atoms with Crippen molar-refractivity contribution in [2.75, 3.05) is 6.61 Å². The van der Waals surface area contributed by atoms with Gasteiger partial charge >= 0.3 is 0 Å². The van der Waals surface area contributed by atoms with E-state index in [0.29, 0.717) is 29.5 Å². The molecule has 0 amide bonds. The van der Waals surface area contributed by atoms with Crippen molar-refractivity contribution in [3.63, 3.8) is 0 Å². The summed E-state index contributed by atoms with van der Waals surface area (Å²) in [5.41, 5.74) is 1.09. The molecule has 5 aliphatic rings. The van der Waals surface area contributed by atoms with Crippen molar-refractivity contribution < 1.29 is 9.84 Å². The first-order valence-corrected chi connectivity index (χ1v) is 14.5. The molecule has 1 N–H and O–H groups in total. The van der Waals surface area contributed by atoms with Crippen LogP contribution in [0.3, 0.4) is 0 Å². The summed E-state index contributed by atoms with van der Waals surface area (Å²) in [6, 6.07) is 0. The molecule has 1 heterocycles. The smallest absolute Gasteiger partial charge is 0.0777 e. The molecule has 4 aliphatic carbocycles. The Kier molecular flexibility index (Phi) is 6.54. The number of fused-ring (bicyclic) bond motifs is 6. The average Bonchev–Trinajstić information content (AvgIpc) is 3.09. The zero-order valence-electron chi connectivity index (χ0n) is 21.8. The predicted molar refractivity (Wildman–Crippen MR) is 132 cm³/mol. The summed E-state index contributed by atoms with van der Waals surface area (Å²) >= 11 is 0. The van der Waals surface area contributed by atoms with Gasteiger partial charge in [-0.05, 0) is 116 Å². The van der Waals surface area contributed by atoms with Crippen molar-refractivity contribution in [3.8, 4) is 0 Å². The number of hydrogen-bond acceptors (Lipinski definition) is 2. The van der Waals surface area contributed by atoms with Crippen LogP contribution in [0.5, 0.6) is 0 Å². The van der Waals surface area contributed by atoms with Crippen LogP contribution in [0, 0.1) is 58.2 Å². The Morgan fingerprint density at radius 1 is 0.906 bits per heavy atom. The first-order chi connectivity index (χ1) is 15.2. The second-order valence-corrected chi connectivity index (χ2v) is 14.1. The maximum Gasteiger partial charge on any atom is 0.0777 e. The van der Waals surface area contributed by atoms with Crippen LogP contribution in [0.25, 0.3) is 0 Å². The molecule has 0 aromatic rings. The van der Waals surface area contributed by atoms with Crippen LogP contribution in [0.15, 0.2) is 0 Å². The van der Waals surface area contributed by atoms with Crippen LogP contribution in [0.2, 0.25) is 0 Å². The fraction of sp³-hybridized carbons (Fsp3) is 1.00. The number of rotatable bonds is 5. The molecule has 2 nitrogen and oxygen atoms in total. The number of aliphatic hydroxyl groups excluding tert-OH is 1. The number of hydrogen-bond donors (Lipinski definition) is 1. The lowest BCUT2D eigenvalue weighted by Gasteiger charge is -2.63. The highest BCUT2D eigenvalue weighted by atomic mass is 16.5. The highest BCUT2D eigenvalue weighted by molar-refractivity contribution is 5.11. The van der Waals surface area contributed by atoms with Crippen molar-refractivity contribution >= 4 is 0 Å². The summed E-state index contributed by atoms with van der Waals surface area (Å²) in [6.45, 7) is 13.3. The minimum atomic E-state index is -0.224. The maximum absolute atomic E-state index is 10.3. The Hall–Kier alpha value is -0.0800. The van der Waals surface area contributed by atoms with Crippen LogP contribution in [0.4, 0.5) is 0 Å². The van der Waals surface area contributed by atoms with Gasteiger partial charge in [-0.3, -0.25) is 0 Å². The number of aliphatic hydroxyl groups is 1. The third-order valence-electron chi connectivity index (χ3n) is 12.1. The van der Waals surface area contributed by atoms with Crippen molar-refractivity contribution in [2.24, 2.45) is 58.2 Å². The summed E-state index contributed by atoms with van der Waals surface area (Å²) in [4.78, 5) is 0. The highest BCUT2D eigenvalue weighted by Gasteiger charge is 2.61. The number of ether oxygens (including phenoxy) is 1. The first-order valence-electron chi connectivity index (χ1n) is 14.5. The van der Waals surface area contributed by atoms with Gasteiger partial charge in [-0.25, -0.2) is 0 Å². The molecule has 184 valence electrons. The molecular formula is C30H52O2. The molecule has 1 aliphatic heterocycles. The van der Waals surface area contributed by atoms with Crippen molar-refractivity contribution in [2.45, 2.75) is 124 Å². The minimum Gasteiger partial charge on any atom is -0.391 e. The van der Waals surface area contributed by atoms with Gasteiger partial charge in [0, 0.05) is 0 Å². The van der Waals surface area contributed by atoms with E-state index in [1.807, 2.05) is 0 Å². The summed E-state index contributed by atoms with van der Waals surface area (Å²) < 4.78 is 6.15. The lowest BCUT2D eigenvalue weighted by Crippen LogP contribution is -2.57. The molecule has 0 radical (unpaired) electrons. The van der Waals surface area contributed by atoms with Gasteiger partial charge in [0.05, 0.1) is 18.8 Å². The Labute approximate surface area is 198 Å². The normalized spacial score (nSPS) is 51.5. The highest BCUT2D eigenvalue weighted by Crippen LogP contribution is 2.69. The van der Waals surface area contributed by atoms with Gasteiger partial charge in [-0.2, -0.15) is 0 Å². The van der Waals surface area contributed by atoms with E-state index >= 15 is 0 Å². The van der Waals surface area contributed by atoms with E-state index in [1.54, 1.807) is 0 Å². The van der Waals surface area contributed by atoms with E-state index in [1.165, 1.54) is 70.6 Å². The van der Waals surface area contributed by atoms with E-state index in [0.717, 1.165) is 47.8 Å². The molecule has 1 saturated heterocycles. The van der Waals surface area contributed by atoms with Crippen LogP contribution < -0.4 is 0 Å². The fourth-order valence-electron chi connectivity index (χ4n) is 10.5. The van der Waals surface area contributed by atoms with E-state index in [2.05, 4.69) is 34.6 Å². The van der Waals surface area contributed by atoms with Crippen LogP contribution in [-0.4, -0.2) is 23.9 Å².